The normalized spacial score (nSPS) is 18.6. The molecule has 0 heterocycles. The van der Waals surface area contributed by atoms with Crippen LogP contribution in [0.2, 0.25) is 0 Å². The van der Waals surface area contributed by atoms with Crippen molar-refractivity contribution in [3.63, 3.8) is 0 Å². The number of aliphatic carboxylic acids is 1. The Hall–Kier alpha value is -1.11. The molecule has 7 heteroatoms. The third-order valence-electron chi connectivity index (χ3n) is 2.63. The molecule has 1 fully saturated rings. The fourth-order valence-electron chi connectivity index (χ4n) is 1.52. The van der Waals surface area contributed by atoms with Gasteiger partial charge in [0.25, 0.3) is 0 Å². The highest BCUT2D eigenvalue weighted by molar-refractivity contribution is 7.92. The van der Waals surface area contributed by atoms with Crippen molar-refractivity contribution in [2.75, 3.05) is 5.75 Å². The fourth-order valence-corrected chi connectivity index (χ4v) is 3.53. The lowest BCUT2D eigenvalue weighted by Crippen LogP contribution is -2.47. The van der Waals surface area contributed by atoms with Crippen LogP contribution in [0, 0.1) is 0 Å². The second-order valence-electron chi connectivity index (χ2n) is 3.97. The summed E-state index contributed by atoms with van der Waals surface area (Å²) < 4.78 is 23.4. The van der Waals surface area contributed by atoms with Crippen molar-refractivity contribution in [1.82, 2.24) is 5.32 Å². The zero-order valence-electron chi connectivity index (χ0n) is 8.97. The van der Waals surface area contributed by atoms with Gasteiger partial charge in [-0.1, -0.05) is 6.42 Å². The van der Waals surface area contributed by atoms with E-state index in [2.05, 4.69) is 5.32 Å². The van der Waals surface area contributed by atoms with Crippen LogP contribution in [-0.2, 0) is 19.4 Å². The van der Waals surface area contributed by atoms with Crippen LogP contribution in [0.3, 0.4) is 0 Å². The predicted molar refractivity (Wildman–Crippen MR) is 56.7 cm³/mol. The van der Waals surface area contributed by atoms with E-state index in [1.54, 1.807) is 0 Å². The van der Waals surface area contributed by atoms with Gasteiger partial charge in [0.05, 0.1) is 11.0 Å². The summed E-state index contributed by atoms with van der Waals surface area (Å²) in [5, 5.41) is 10.5. The zero-order valence-corrected chi connectivity index (χ0v) is 9.79. The van der Waals surface area contributed by atoms with E-state index in [9.17, 15) is 18.0 Å². The number of amides is 1. The van der Waals surface area contributed by atoms with Crippen LogP contribution in [0.5, 0.6) is 0 Å². The molecule has 1 atom stereocenters. The van der Waals surface area contributed by atoms with Gasteiger partial charge in [-0.2, -0.15) is 0 Å². The van der Waals surface area contributed by atoms with E-state index in [1.165, 1.54) is 0 Å². The van der Waals surface area contributed by atoms with Gasteiger partial charge in [-0.15, -0.1) is 0 Å². The van der Waals surface area contributed by atoms with Gasteiger partial charge in [0.15, 0.2) is 9.84 Å². The van der Waals surface area contributed by atoms with Crippen LogP contribution in [-0.4, -0.2) is 42.4 Å². The summed E-state index contributed by atoms with van der Waals surface area (Å²) in [4.78, 5) is 21.5. The van der Waals surface area contributed by atoms with Crippen LogP contribution >= 0.6 is 0 Å². The SMILES string of the molecule is CC(=O)N[C@@H](CS(=O)(=O)C1CCC1)C(=O)O. The first-order valence-corrected chi connectivity index (χ1v) is 6.76. The number of sulfone groups is 1. The molecule has 92 valence electrons. The Morgan fingerprint density at radius 2 is 2.00 bits per heavy atom. The molecule has 0 bridgehead atoms. The van der Waals surface area contributed by atoms with Gasteiger partial charge in [0, 0.05) is 6.92 Å². The van der Waals surface area contributed by atoms with E-state index >= 15 is 0 Å². The number of carbonyl (C=O) groups is 2. The molecule has 6 nitrogen and oxygen atoms in total. The van der Waals surface area contributed by atoms with Crippen molar-refractivity contribution in [2.24, 2.45) is 0 Å². The van der Waals surface area contributed by atoms with E-state index < -0.39 is 38.8 Å². The van der Waals surface area contributed by atoms with Crippen molar-refractivity contribution in [2.45, 2.75) is 37.5 Å². The highest BCUT2D eigenvalue weighted by atomic mass is 32.2. The Bertz CT molecular complexity index is 385. The smallest absolute Gasteiger partial charge is 0.327 e. The van der Waals surface area contributed by atoms with E-state index in [0.717, 1.165) is 13.3 Å². The molecule has 0 aliphatic heterocycles. The number of hydrogen-bond acceptors (Lipinski definition) is 4. The molecule has 0 saturated heterocycles. The monoisotopic (exact) mass is 249 g/mol. The summed E-state index contributed by atoms with van der Waals surface area (Å²) in [5.74, 6) is -2.39. The Balaban J connectivity index is 2.67. The highest BCUT2D eigenvalue weighted by Gasteiger charge is 2.35. The van der Waals surface area contributed by atoms with Crippen LogP contribution < -0.4 is 5.32 Å². The van der Waals surface area contributed by atoms with Gasteiger partial charge in [0.2, 0.25) is 5.91 Å². The number of carboxylic acid groups (broad SMARTS) is 1. The number of hydrogen-bond donors (Lipinski definition) is 2. The minimum absolute atomic E-state index is 0.428. The summed E-state index contributed by atoms with van der Waals surface area (Å²) in [6, 6.07) is -1.34. The molecule has 1 saturated carbocycles. The summed E-state index contributed by atoms with van der Waals surface area (Å²) >= 11 is 0. The van der Waals surface area contributed by atoms with E-state index in [0.29, 0.717) is 12.8 Å². The number of nitrogens with one attached hydrogen (secondary N) is 1. The summed E-state index contributed by atoms with van der Waals surface area (Å²) in [7, 11) is -3.41. The van der Waals surface area contributed by atoms with Crippen molar-refractivity contribution in [3.8, 4) is 0 Å². The maximum atomic E-state index is 11.7. The molecular formula is C9H15NO5S. The quantitative estimate of drug-likeness (QED) is 0.687. The highest BCUT2D eigenvalue weighted by Crippen LogP contribution is 2.26. The van der Waals surface area contributed by atoms with Crippen LogP contribution in [0.4, 0.5) is 0 Å². The predicted octanol–water partition coefficient (Wildman–Crippen LogP) is -0.457. The van der Waals surface area contributed by atoms with Crippen molar-refractivity contribution >= 4 is 21.7 Å². The lowest BCUT2D eigenvalue weighted by atomic mass is 10.00. The summed E-state index contributed by atoms with van der Waals surface area (Å²) in [6.07, 6.45) is 2.05. The first-order valence-electron chi connectivity index (χ1n) is 5.04. The van der Waals surface area contributed by atoms with E-state index in [-0.39, 0.29) is 0 Å². The van der Waals surface area contributed by atoms with Crippen molar-refractivity contribution in [1.29, 1.82) is 0 Å². The molecule has 1 aliphatic rings. The Morgan fingerprint density at radius 1 is 1.44 bits per heavy atom. The second kappa shape index (κ2) is 4.82. The fraction of sp³-hybridized carbons (Fsp3) is 0.778. The van der Waals surface area contributed by atoms with Crippen LogP contribution in [0.25, 0.3) is 0 Å². The number of carbonyl (C=O) groups excluding carboxylic acids is 1. The molecule has 2 N–H and O–H groups in total. The molecule has 1 aliphatic carbocycles. The molecule has 0 unspecified atom stereocenters. The molecule has 16 heavy (non-hydrogen) atoms. The largest absolute Gasteiger partial charge is 0.480 e. The first kappa shape index (κ1) is 13.0. The van der Waals surface area contributed by atoms with Crippen LogP contribution in [0.1, 0.15) is 26.2 Å². The van der Waals surface area contributed by atoms with Crippen molar-refractivity contribution < 1.29 is 23.1 Å². The molecule has 1 amide bonds. The molecular weight excluding hydrogens is 234 g/mol. The topological polar surface area (TPSA) is 101 Å². The Morgan fingerprint density at radius 3 is 2.31 bits per heavy atom. The van der Waals surface area contributed by atoms with Gasteiger partial charge in [-0.05, 0) is 12.8 Å². The maximum absolute atomic E-state index is 11.7. The van der Waals surface area contributed by atoms with Crippen molar-refractivity contribution in [3.05, 3.63) is 0 Å². The van der Waals surface area contributed by atoms with Gasteiger partial charge in [-0.25, -0.2) is 13.2 Å². The third kappa shape index (κ3) is 3.19. The van der Waals surface area contributed by atoms with Gasteiger partial charge in [0.1, 0.15) is 6.04 Å². The second-order valence-corrected chi connectivity index (χ2v) is 6.30. The van der Waals surface area contributed by atoms with E-state index in [1.807, 2.05) is 0 Å². The third-order valence-corrected chi connectivity index (χ3v) is 4.92. The maximum Gasteiger partial charge on any atom is 0.327 e. The molecule has 0 aromatic rings. The Kier molecular flexibility index (Phi) is 3.90. The summed E-state index contributed by atoms with van der Waals surface area (Å²) in [6.45, 7) is 1.16. The lowest BCUT2D eigenvalue weighted by molar-refractivity contribution is -0.140. The first-order chi connectivity index (χ1) is 7.33. The van der Waals surface area contributed by atoms with Crippen LogP contribution in [0.15, 0.2) is 0 Å². The van der Waals surface area contributed by atoms with Gasteiger partial charge >= 0.3 is 5.97 Å². The lowest BCUT2D eigenvalue weighted by Gasteiger charge is -2.26. The minimum Gasteiger partial charge on any atom is -0.480 e. The Labute approximate surface area is 93.9 Å². The van der Waals surface area contributed by atoms with Gasteiger partial charge in [-0.3, -0.25) is 4.79 Å². The average Bonchev–Trinajstić information content (AvgIpc) is 1.96. The molecule has 1 rings (SSSR count). The average molecular weight is 249 g/mol. The van der Waals surface area contributed by atoms with Gasteiger partial charge < -0.3 is 10.4 Å². The number of carboxylic acids is 1. The molecule has 0 radical (unpaired) electrons. The van der Waals surface area contributed by atoms with E-state index in [4.69, 9.17) is 5.11 Å². The standard InChI is InChI=1S/C9H15NO5S/c1-6(11)10-8(9(12)13)5-16(14,15)7-3-2-4-7/h7-8H,2-5H2,1H3,(H,10,11)(H,12,13)/t8-/m0/s1. The molecule has 0 spiro atoms. The molecule has 0 aromatic carbocycles. The summed E-state index contributed by atoms with van der Waals surface area (Å²) in [5.41, 5.74) is 0. The minimum atomic E-state index is -3.41. The zero-order chi connectivity index (χ0) is 12.3. The number of rotatable bonds is 5. The molecule has 0 aromatic heterocycles.